The third kappa shape index (κ3) is 3.82. The summed E-state index contributed by atoms with van der Waals surface area (Å²) >= 11 is 0. The zero-order valence-corrected chi connectivity index (χ0v) is 14.7. The maximum Gasteiger partial charge on any atom is 0.253 e. The largest absolute Gasteiger partial charge is 0.378 e. The van der Waals surface area contributed by atoms with Crippen LogP contribution in [0.5, 0.6) is 0 Å². The van der Waals surface area contributed by atoms with E-state index in [2.05, 4.69) is 0 Å². The molecule has 0 atom stereocenters. The van der Waals surface area contributed by atoms with Crippen molar-refractivity contribution in [1.82, 2.24) is 9.80 Å². The fraction of sp³-hybridized carbons (Fsp3) is 0.300. The third-order valence-corrected chi connectivity index (χ3v) is 4.51. The van der Waals surface area contributed by atoms with E-state index in [1.54, 1.807) is 0 Å². The maximum absolute atomic E-state index is 12.6. The molecule has 0 spiro atoms. The minimum atomic E-state index is 0.0251. The summed E-state index contributed by atoms with van der Waals surface area (Å²) in [5.41, 5.74) is 2.45. The molecular weight excluding hydrogens is 314 g/mol. The van der Waals surface area contributed by atoms with Crippen molar-refractivity contribution < 1.29 is 9.59 Å². The summed E-state index contributed by atoms with van der Waals surface area (Å²) in [6, 6.07) is 16.9. The number of nitrogens with zero attached hydrogens (tertiary/aromatic N) is 3. The lowest BCUT2D eigenvalue weighted by molar-refractivity contribution is 0.0535. The van der Waals surface area contributed by atoms with Gasteiger partial charge in [-0.1, -0.05) is 18.2 Å². The standard InChI is InChI=1S/C20H23N3O2/c1-21(2)18-10-8-17(9-11-18)20(25)23-14-12-22(13-15-23)19(24)16-6-4-3-5-7-16/h3-11H,12-15H2,1-2H3. The molecule has 2 aromatic carbocycles. The molecule has 0 bridgehead atoms. The lowest BCUT2D eigenvalue weighted by atomic mass is 10.1. The van der Waals surface area contributed by atoms with E-state index in [-0.39, 0.29) is 11.8 Å². The Kier molecular flexibility index (Phi) is 5.03. The van der Waals surface area contributed by atoms with Gasteiger partial charge in [-0.05, 0) is 36.4 Å². The van der Waals surface area contributed by atoms with Crippen LogP contribution in [-0.2, 0) is 0 Å². The molecule has 0 radical (unpaired) electrons. The number of benzene rings is 2. The molecular formula is C20H23N3O2. The number of hydrogen-bond acceptors (Lipinski definition) is 3. The van der Waals surface area contributed by atoms with Gasteiger partial charge in [-0.2, -0.15) is 0 Å². The number of anilines is 1. The van der Waals surface area contributed by atoms with Crippen molar-refractivity contribution in [2.45, 2.75) is 0 Å². The second-order valence-corrected chi connectivity index (χ2v) is 6.39. The predicted octanol–water partition coefficient (Wildman–Crippen LogP) is 2.35. The highest BCUT2D eigenvalue weighted by Crippen LogP contribution is 2.15. The van der Waals surface area contributed by atoms with Crippen LogP contribution in [0.25, 0.3) is 0 Å². The first kappa shape index (κ1) is 17.0. The van der Waals surface area contributed by atoms with Crippen molar-refractivity contribution in [3.63, 3.8) is 0 Å². The lowest BCUT2D eigenvalue weighted by Crippen LogP contribution is -2.50. The summed E-state index contributed by atoms with van der Waals surface area (Å²) in [6.45, 7) is 2.25. The molecule has 130 valence electrons. The van der Waals surface area contributed by atoms with E-state index < -0.39 is 0 Å². The molecule has 25 heavy (non-hydrogen) atoms. The SMILES string of the molecule is CN(C)c1ccc(C(=O)N2CCN(C(=O)c3ccccc3)CC2)cc1. The van der Waals surface area contributed by atoms with Gasteiger partial charge in [0.25, 0.3) is 11.8 Å². The Morgan fingerprint density at radius 1 is 0.720 bits per heavy atom. The monoisotopic (exact) mass is 337 g/mol. The normalized spacial score (nSPS) is 14.3. The Labute approximate surface area is 148 Å². The highest BCUT2D eigenvalue weighted by Gasteiger charge is 2.25. The molecule has 1 aliphatic rings. The minimum absolute atomic E-state index is 0.0251. The van der Waals surface area contributed by atoms with Crippen molar-refractivity contribution >= 4 is 17.5 Å². The molecule has 0 aliphatic carbocycles. The molecule has 3 rings (SSSR count). The number of rotatable bonds is 3. The zero-order chi connectivity index (χ0) is 17.8. The van der Waals surface area contributed by atoms with Crippen LogP contribution in [0, 0.1) is 0 Å². The minimum Gasteiger partial charge on any atom is -0.378 e. The van der Waals surface area contributed by atoms with Crippen molar-refractivity contribution in [3.05, 3.63) is 65.7 Å². The average molecular weight is 337 g/mol. The molecule has 5 heteroatoms. The summed E-state index contributed by atoms with van der Waals surface area (Å²) in [7, 11) is 3.94. The molecule has 1 aliphatic heterocycles. The summed E-state index contributed by atoms with van der Waals surface area (Å²) in [5, 5.41) is 0. The van der Waals surface area contributed by atoms with Gasteiger partial charge in [0, 0.05) is 57.1 Å². The molecule has 1 saturated heterocycles. The van der Waals surface area contributed by atoms with Gasteiger partial charge in [0.15, 0.2) is 0 Å². The lowest BCUT2D eigenvalue weighted by Gasteiger charge is -2.35. The Hall–Kier alpha value is -2.82. The number of carbonyl (C=O) groups is 2. The average Bonchev–Trinajstić information content (AvgIpc) is 2.67. The topological polar surface area (TPSA) is 43.9 Å². The quantitative estimate of drug-likeness (QED) is 0.863. The van der Waals surface area contributed by atoms with Crippen LogP contribution in [0.1, 0.15) is 20.7 Å². The van der Waals surface area contributed by atoms with E-state index in [0.29, 0.717) is 37.3 Å². The molecule has 0 aromatic heterocycles. The fourth-order valence-corrected chi connectivity index (χ4v) is 2.96. The summed E-state index contributed by atoms with van der Waals surface area (Å²) in [5.74, 6) is 0.0557. The van der Waals surface area contributed by atoms with Crippen LogP contribution >= 0.6 is 0 Å². The Morgan fingerprint density at radius 2 is 1.16 bits per heavy atom. The predicted molar refractivity (Wildman–Crippen MR) is 99.0 cm³/mol. The second kappa shape index (κ2) is 7.38. The molecule has 1 heterocycles. The maximum atomic E-state index is 12.6. The molecule has 0 saturated carbocycles. The van der Waals surface area contributed by atoms with E-state index in [1.807, 2.05) is 83.4 Å². The molecule has 2 aromatic rings. The van der Waals surface area contributed by atoms with Gasteiger partial charge in [0.05, 0.1) is 0 Å². The first-order valence-electron chi connectivity index (χ1n) is 8.47. The van der Waals surface area contributed by atoms with Crippen LogP contribution < -0.4 is 4.90 Å². The first-order valence-corrected chi connectivity index (χ1v) is 8.47. The van der Waals surface area contributed by atoms with E-state index in [1.165, 1.54) is 0 Å². The summed E-state index contributed by atoms with van der Waals surface area (Å²) < 4.78 is 0. The Balaban J connectivity index is 1.60. The van der Waals surface area contributed by atoms with Crippen LogP contribution in [0.4, 0.5) is 5.69 Å². The third-order valence-electron chi connectivity index (χ3n) is 4.51. The van der Waals surface area contributed by atoms with Crippen LogP contribution in [0.15, 0.2) is 54.6 Å². The van der Waals surface area contributed by atoms with Crippen molar-refractivity contribution in [2.75, 3.05) is 45.2 Å². The van der Waals surface area contributed by atoms with Gasteiger partial charge < -0.3 is 14.7 Å². The van der Waals surface area contributed by atoms with Crippen molar-refractivity contribution in [1.29, 1.82) is 0 Å². The second-order valence-electron chi connectivity index (χ2n) is 6.39. The Bertz CT molecular complexity index is 733. The molecule has 0 unspecified atom stereocenters. The molecule has 1 fully saturated rings. The van der Waals surface area contributed by atoms with Gasteiger partial charge in [0.2, 0.25) is 0 Å². The fourth-order valence-electron chi connectivity index (χ4n) is 2.96. The highest BCUT2D eigenvalue weighted by molar-refractivity contribution is 5.96. The number of carbonyl (C=O) groups excluding carboxylic acids is 2. The number of hydrogen-bond donors (Lipinski definition) is 0. The Morgan fingerprint density at radius 3 is 1.60 bits per heavy atom. The van der Waals surface area contributed by atoms with E-state index in [4.69, 9.17) is 0 Å². The van der Waals surface area contributed by atoms with Crippen LogP contribution in [-0.4, -0.2) is 61.9 Å². The van der Waals surface area contributed by atoms with Crippen molar-refractivity contribution in [3.8, 4) is 0 Å². The summed E-state index contributed by atoms with van der Waals surface area (Å²) in [4.78, 5) is 30.7. The van der Waals surface area contributed by atoms with Gasteiger partial charge in [-0.15, -0.1) is 0 Å². The molecule has 2 amide bonds. The molecule has 5 nitrogen and oxygen atoms in total. The number of piperazine rings is 1. The van der Waals surface area contributed by atoms with E-state index in [0.717, 1.165) is 5.69 Å². The van der Waals surface area contributed by atoms with Gasteiger partial charge in [-0.25, -0.2) is 0 Å². The summed E-state index contributed by atoms with van der Waals surface area (Å²) in [6.07, 6.45) is 0. The van der Waals surface area contributed by atoms with Crippen LogP contribution in [0.3, 0.4) is 0 Å². The van der Waals surface area contributed by atoms with Gasteiger partial charge in [-0.3, -0.25) is 9.59 Å². The number of amides is 2. The van der Waals surface area contributed by atoms with Gasteiger partial charge in [0.1, 0.15) is 0 Å². The smallest absolute Gasteiger partial charge is 0.253 e. The first-order chi connectivity index (χ1) is 12.1. The van der Waals surface area contributed by atoms with E-state index >= 15 is 0 Å². The highest BCUT2D eigenvalue weighted by atomic mass is 16.2. The van der Waals surface area contributed by atoms with E-state index in [9.17, 15) is 9.59 Å². The van der Waals surface area contributed by atoms with Gasteiger partial charge >= 0.3 is 0 Å². The molecule has 0 N–H and O–H groups in total. The van der Waals surface area contributed by atoms with Crippen molar-refractivity contribution in [2.24, 2.45) is 0 Å². The zero-order valence-electron chi connectivity index (χ0n) is 14.7. The van der Waals surface area contributed by atoms with Crippen LogP contribution in [0.2, 0.25) is 0 Å².